The second-order valence-electron chi connectivity index (χ2n) is 5.85. The summed E-state index contributed by atoms with van der Waals surface area (Å²) in [5.74, 6) is -0.916. The van der Waals surface area contributed by atoms with Crippen LogP contribution >= 0.6 is 0 Å². The van der Waals surface area contributed by atoms with Crippen molar-refractivity contribution in [3.05, 3.63) is 70.2 Å². The molecule has 0 aliphatic heterocycles. The van der Waals surface area contributed by atoms with Crippen LogP contribution in [-0.2, 0) is 4.79 Å². The highest BCUT2D eigenvalue weighted by Gasteiger charge is 2.13. The fourth-order valence-electron chi connectivity index (χ4n) is 2.63. The monoisotopic (exact) mass is 338 g/mol. The molecule has 1 aromatic heterocycles. The van der Waals surface area contributed by atoms with Crippen molar-refractivity contribution < 1.29 is 14.0 Å². The molecule has 1 atom stereocenters. The van der Waals surface area contributed by atoms with Gasteiger partial charge in [-0.05, 0) is 30.7 Å². The van der Waals surface area contributed by atoms with Gasteiger partial charge in [-0.2, -0.15) is 0 Å². The van der Waals surface area contributed by atoms with Gasteiger partial charge in [-0.25, -0.2) is 4.79 Å². The Morgan fingerprint density at radius 2 is 1.88 bits per heavy atom. The Hall–Kier alpha value is -3.15. The zero-order valence-electron chi connectivity index (χ0n) is 13.7. The molecule has 0 saturated heterocycles. The molecule has 25 heavy (non-hydrogen) atoms. The standard InChI is InChI=1S/C19H18N2O4/c1-12(13-5-3-2-4-6-13)20-18(23)10-9-16(22)14-7-8-15-17(11-14)25-19(24)21-15/h2-8,11-12H,9-10H2,1H3,(H,20,23)(H,21,24). The molecule has 1 unspecified atom stereocenters. The molecule has 0 spiro atoms. The van der Waals surface area contributed by atoms with Crippen molar-refractivity contribution in [3.63, 3.8) is 0 Å². The van der Waals surface area contributed by atoms with Crippen molar-refractivity contribution in [2.24, 2.45) is 0 Å². The first-order valence-electron chi connectivity index (χ1n) is 8.03. The van der Waals surface area contributed by atoms with Gasteiger partial charge in [0.25, 0.3) is 0 Å². The maximum absolute atomic E-state index is 12.2. The van der Waals surface area contributed by atoms with Crippen LogP contribution in [0.1, 0.15) is 41.7 Å². The minimum atomic E-state index is -0.561. The molecule has 2 aromatic carbocycles. The second kappa shape index (κ2) is 7.17. The molecule has 128 valence electrons. The normalized spacial score (nSPS) is 12.0. The fourth-order valence-corrected chi connectivity index (χ4v) is 2.63. The lowest BCUT2D eigenvalue weighted by molar-refractivity contribution is -0.121. The van der Waals surface area contributed by atoms with E-state index in [4.69, 9.17) is 4.42 Å². The van der Waals surface area contributed by atoms with Crippen molar-refractivity contribution in [3.8, 4) is 0 Å². The third-order valence-electron chi connectivity index (χ3n) is 4.00. The summed E-state index contributed by atoms with van der Waals surface area (Å²) in [5, 5.41) is 2.88. The molecule has 1 heterocycles. The number of rotatable bonds is 6. The number of hydrogen-bond donors (Lipinski definition) is 2. The first-order valence-corrected chi connectivity index (χ1v) is 8.03. The number of Topliss-reactive ketones (excluding diaryl/α,β-unsaturated/α-hetero) is 1. The van der Waals surface area contributed by atoms with Crippen LogP contribution < -0.4 is 11.1 Å². The molecule has 0 radical (unpaired) electrons. The number of benzene rings is 2. The smallest absolute Gasteiger partial charge is 0.408 e. The quantitative estimate of drug-likeness (QED) is 0.676. The van der Waals surface area contributed by atoms with E-state index in [-0.39, 0.29) is 30.6 Å². The van der Waals surface area contributed by atoms with E-state index >= 15 is 0 Å². The molecule has 2 N–H and O–H groups in total. The number of aromatic nitrogens is 1. The van der Waals surface area contributed by atoms with E-state index in [0.717, 1.165) is 5.56 Å². The van der Waals surface area contributed by atoms with Gasteiger partial charge in [0.15, 0.2) is 11.4 Å². The Bertz CT molecular complexity index is 956. The molecule has 0 bridgehead atoms. The Balaban J connectivity index is 1.57. The number of nitrogens with one attached hydrogen (secondary N) is 2. The average Bonchev–Trinajstić information content (AvgIpc) is 2.99. The van der Waals surface area contributed by atoms with Gasteiger partial charge in [-0.3, -0.25) is 14.6 Å². The van der Waals surface area contributed by atoms with E-state index in [1.54, 1.807) is 12.1 Å². The number of amides is 1. The summed E-state index contributed by atoms with van der Waals surface area (Å²) >= 11 is 0. The van der Waals surface area contributed by atoms with Crippen LogP contribution in [0, 0.1) is 0 Å². The average molecular weight is 338 g/mol. The number of fused-ring (bicyclic) bond motifs is 1. The van der Waals surface area contributed by atoms with Gasteiger partial charge in [0.1, 0.15) is 0 Å². The van der Waals surface area contributed by atoms with Gasteiger partial charge in [0.05, 0.1) is 11.6 Å². The molecule has 0 saturated carbocycles. The minimum absolute atomic E-state index is 0.0908. The Morgan fingerprint density at radius 3 is 2.64 bits per heavy atom. The summed E-state index contributed by atoms with van der Waals surface area (Å²) in [6.07, 6.45) is 0.193. The van der Waals surface area contributed by atoms with E-state index < -0.39 is 5.76 Å². The maximum atomic E-state index is 12.2. The number of carbonyl (C=O) groups excluding carboxylic acids is 2. The molecular formula is C19H18N2O4. The summed E-state index contributed by atoms with van der Waals surface area (Å²) < 4.78 is 4.94. The summed E-state index contributed by atoms with van der Waals surface area (Å²) in [6.45, 7) is 1.90. The minimum Gasteiger partial charge on any atom is -0.408 e. The number of aromatic amines is 1. The van der Waals surface area contributed by atoms with Crippen LogP contribution in [0.2, 0.25) is 0 Å². The van der Waals surface area contributed by atoms with Crippen LogP contribution in [0.25, 0.3) is 11.1 Å². The van der Waals surface area contributed by atoms with E-state index in [1.807, 2.05) is 37.3 Å². The molecule has 6 heteroatoms. The number of ketones is 1. The van der Waals surface area contributed by atoms with Crippen molar-refractivity contribution in [1.82, 2.24) is 10.3 Å². The van der Waals surface area contributed by atoms with E-state index in [2.05, 4.69) is 10.3 Å². The Morgan fingerprint density at radius 1 is 1.12 bits per heavy atom. The Kier molecular flexibility index (Phi) is 4.79. The van der Waals surface area contributed by atoms with E-state index in [1.165, 1.54) is 6.07 Å². The fraction of sp³-hybridized carbons (Fsp3) is 0.211. The summed E-state index contributed by atoms with van der Waals surface area (Å²) in [6, 6.07) is 14.3. The van der Waals surface area contributed by atoms with Gasteiger partial charge in [-0.1, -0.05) is 30.3 Å². The SMILES string of the molecule is CC(NC(=O)CCC(=O)c1ccc2[nH]c(=O)oc2c1)c1ccccc1. The first-order chi connectivity index (χ1) is 12.0. The lowest BCUT2D eigenvalue weighted by Gasteiger charge is -2.14. The van der Waals surface area contributed by atoms with Crippen molar-refractivity contribution in [2.45, 2.75) is 25.8 Å². The van der Waals surface area contributed by atoms with Crippen molar-refractivity contribution >= 4 is 22.8 Å². The molecule has 0 aliphatic carbocycles. The predicted octanol–water partition coefficient (Wildman–Crippen LogP) is 2.96. The third kappa shape index (κ3) is 4.03. The van der Waals surface area contributed by atoms with Gasteiger partial charge in [0, 0.05) is 18.4 Å². The zero-order valence-corrected chi connectivity index (χ0v) is 13.7. The van der Waals surface area contributed by atoms with Gasteiger partial charge in [0.2, 0.25) is 5.91 Å². The molecular weight excluding hydrogens is 320 g/mol. The number of hydrogen-bond acceptors (Lipinski definition) is 4. The largest absolute Gasteiger partial charge is 0.417 e. The predicted molar refractivity (Wildman–Crippen MR) is 93.4 cm³/mol. The lowest BCUT2D eigenvalue weighted by Crippen LogP contribution is -2.26. The molecule has 0 aliphatic rings. The van der Waals surface area contributed by atoms with Gasteiger partial charge >= 0.3 is 5.76 Å². The molecule has 0 fully saturated rings. The van der Waals surface area contributed by atoms with E-state index in [9.17, 15) is 14.4 Å². The van der Waals surface area contributed by atoms with Crippen LogP contribution in [0.3, 0.4) is 0 Å². The molecule has 6 nitrogen and oxygen atoms in total. The van der Waals surface area contributed by atoms with Crippen LogP contribution in [0.4, 0.5) is 0 Å². The topological polar surface area (TPSA) is 92.2 Å². The van der Waals surface area contributed by atoms with Crippen molar-refractivity contribution in [2.75, 3.05) is 0 Å². The third-order valence-corrected chi connectivity index (χ3v) is 4.00. The first kappa shape index (κ1) is 16.7. The number of carbonyl (C=O) groups is 2. The molecule has 3 rings (SSSR count). The highest BCUT2D eigenvalue weighted by atomic mass is 16.4. The van der Waals surface area contributed by atoms with Crippen LogP contribution in [0.15, 0.2) is 57.7 Å². The molecule has 3 aromatic rings. The lowest BCUT2D eigenvalue weighted by atomic mass is 10.1. The highest BCUT2D eigenvalue weighted by molar-refractivity contribution is 6.00. The van der Waals surface area contributed by atoms with Crippen molar-refractivity contribution in [1.29, 1.82) is 0 Å². The van der Waals surface area contributed by atoms with Crippen LogP contribution in [0.5, 0.6) is 0 Å². The number of oxazole rings is 1. The van der Waals surface area contributed by atoms with E-state index in [0.29, 0.717) is 16.7 Å². The number of H-pyrrole nitrogens is 1. The van der Waals surface area contributed by atoms with Crippen LogP contribution in [-0.4, -0.2) is 16.7 Å². The van der Waals surface area contributed by atoms with Gasteiger partial charge < -0.3 is 9.73 Å². The summed E-state index contributed by atoms with van der Waals surface area (Å²) in [7, 11) is 0. The molecule has 1 amide bonds. The second-order valence-corrected chi connectivity index (χ2v) is 5.85. The summed E-state index contributed by atoms with van der Waals surface area (Å²) in [5.41, 5.74) is 2.29. The maximum Gasteiger partial charge on any atom is 0.417 e. The Labute approximate surface area is 143 Å². The zero-order chi connectivity index (χ0) is 17.8. The summed E-state index contributed by atoms with van der Waals surface area (Å²) in [4.78, 5) is 38.0. The highest BCUT2D eigenvalue weighted by Crippen LogP contribution is 2.15. The van der Waals surface area contributed by atoms with Gasteiger partial charge in [-0.15, -0.1) is 0 Å².